The van der Waals surface area contributed by atoms with E-state index in [4.69, 9.17) is 0 Å². The van der Waals surface area contributed by atoms with Crippen molar-refractivity contribution in [3.8, 4) is 33.5 Å². The highest BCUT2D eigenvalue weighted by atomic mass is 32.2. The van der Waals surface area contributed by atoms with Gasteiger partial charge in [0, 0.05) is 59.8 Å². The average Bonchev–Trinajstić information content (AvgIpc) is 3.71. The van der Waals surface area contributed by atoms with Crippen LogP contribution in [0.4, 0.5) is 26.3 Å². The van der Waals surface area contributed by atoms with E-state index in [2.05, 4.69) is 5.10 Å². The smallest absolute Gasteiger partial charge is 0.395 e. The third kappa shape index (κ3) is 5.81. The number of aryl methyl sites for hydroxylation is 2. The summed E-state index contributed by atoms with van der Waals surface area (Å²) in [4.78, 5) is 27.0. The fraction of sp³-hybridized carbons (Fsp3) is 0.182. The largest absolute Gasteiger partial charge is 0.504 e. The van der Waals surface area contributed by atoms with Gasteiger partial charge in [-0.05, 0) is 30.7 Å². The van der Waals surface area contributed by atoms with E-state index < -0.39 is 90.3 Å². The first-order valence-corrected chi connectivity index (χ1v) is 16.1. The lowest BCUT2D eigenvalue weighted by atomic mass is 9.91. The summed E-state index contributed by atoms with van der Waals surface area (Å²) in [6, 6.07) is 13.9. The van der Waals surface area contributed by atoms with Crippen LogP contribution in [0.15, 0.2) is 99.9 Å². The fourth-order valence-electron chi connectivity index (χ4n) is 5.77. The molecule has 0 aliphatic carbocycles. The molecule has 0 amide bonds. The predicted molar refractivity (Wildman–Crippen MR) is 171 cm³/mol. The van der Waals surface area contributed by atoms with Crippen molar-refractivity contribution in [3.63, 3.8) is 0 Å². The monoisotopic (exact) mass is 717 g/mol. The highest BCUT2D eigenvalue weighted by molar-refractivity contribution is 7.90. The number of aliphatic hydroxyl groups excluding tert-OH is 1. The molecular formula is C33H25F6N5O5S. The Hall–Kier alpha value is -5.42. The quantitative estimate of drug-likeness (QED) is 0.211. The summed E-state index contributed by atoms with van der Waals surface area (Å²) in [6.07, 6.45) is -7.03. The topological polar surface area (TPSA) is 121 Å². The molecule has 4 aromatic heterocycles. The Morgan fingerprint density at radius 3 is 2.08 bits per heavy atom. The number of hydrogen-bond acceptors (Lipinski definition) is 6. The van der Waals surface area contributed by atoms with Crippen molar-refractivity contribution in [1.29, 1.82) is 0 Å². The lowest BCUT2D eigenvalue weighted by Gasteiger charge is -2.21. The number of hydrogen-bond donors (Lipinski definition) is 1. The molecule has 2 aromatic carbocycles. The average molecular weight is 718 g/mol. The number of benzene rings is 2. The minimum atomic E-state index is -5.32. The van der Waals surface area contributed by atoms with Crippen molar-refractivity contribution in [1.82, 2.24) is 22.9 Å². The Morgan fingerprint density at radius 2 is 1.50 bits per heavy atom. The van der Waals surface area contributed by atoms with Crippen LogP contribution in [0.2, 0.25) is 0 Å². The van der Waals surface area contributed by atoms with Gasteiger partial charge in [0.25, 0.3) is 21.1 Å². The van der Waals surface area contributed by atoms with Gasteiger partial charge >= 0.3 is 12.5 Å². The maximum Gasteiger partial charge on any atom is 0.504 e. The maximum atomic E-state index is 15.0. The number of aromatic nitrogens is 5. The summed E-state index contributed by atoms with van der Waals surface area (Å²) in [5, 5.41) is 12.4. The summed E-state index contributed by atoms with van der Waals surface area (Å²) >= 11 is 0. The van der Waals surface area contributed by atoms with Crippen LogP contribution in [0.25, 0.3) is 44.4 Å². The van der Waals surface area contributed by atoms with Crippen molar-refractivity contribution in [2.75, 3.05) is 6.61 Å². The van der Waals surface area contributed by atoms with Gasteiger partial charge in [-0.1, -0.05) is 48.0 Å². The first-order chi connectivity index (χ1) is 23.4. The van der Waals surface area contributed by atoms with Crippen LogP contribution in [0.5, 0.6) is 0 Å². The minimum absolute atomic E-state index is 0.161. The molecule has 0 saturated carbocycles. The van der Waals surface area contributed by atoms with Crippen molar-refractivity contribution < 1.29 is 39.9 Å². The molecule has 0 aliphatic heterocycles. The summed E-state index contributed by atoms with van der Waals surface area (Å²) in [7, 11) is -3.68. The van der Waals surface area contributed by atoms with Crippen molar-refractivity contribution in [2.24, 2.45) is 7.05 Å². The lowest BCUT2D eigenvalue weighted by molar-refractivity contribution is -0.212. The highest BCUT2D eigenvalue weighted by Gasteiger charge is 2.41. The molecule has 0 atom stereocenters. The van der Waals surface area contributed by atoms with Gasteiger partial charge in [0.15, 0.2) is 0 Å². The van der Waals surface area contributed by atoms with Crippen LogP contribution in [0.1, 0.15) is 11.1 Å². The Balaban J connectivity index is 1.84. The molecule has 260 valence electrons. The number of nitrogens with zero attached hydrogens (tertiary/aromatic N) is 5. The van der Waals surface area contributed by atoms with Crippen molar-refractivity contribution in [3.05, 3.63) is 117 Å². The van der Waals surface area contributed by atoms with Crippen molar-refractivity contribution in [2.45, 2.75) is 30.8 Å². The van der Waals surface area contributed by atoms with E-state index in [0.717, 1.165) is 30.1 Å². The lowest BCUT2D eigenvalue weighted by Crippen LogP contribution is -2.31. The Labute approximate surface area is 278 Å². The van der Waals surface area contributed by atoms with Gasteiger partial charge in [-0.25, -0.2) is 12.4 Å². The first-order valence-electron chi connectivity index (χ1n) is 14.7. The molecule has 4 heterocycles. The molecule has 0 spiro atoms. The number of aliphatic hydroxyl groups is 1. The molecule has 50 heavy (non-hydrogen) atoms. The second-order valence-corrected chi connectivity index (χ2v) is 13.1. The number of halogens is 6. The normalized spacial score (nSPS) is 12.6. The highest BCUT2D eigenvalue weighted by Crippen LogP contribution is 2.44. The second kappa shape index (κ2) is 12.2. The van der Waals surface area contributed by atoms with Gasteiger partial charge in [-0.2, -0.15) is 23.0 Å². The van der Waals surface area contributed by atoms with Crippen LogP contribution >= 0.6 is 0 Å². The predicted octanol–water partition coefficient (Wildman–Crippen LogP) is 5.73. The first kappa shape index (κ1) is 34.4. The fourth-order valence-corrected chi connectivity index (χ4v) is 7.29. The van der Waals surface area contributed by atoms with Crippen LogP contribution in [0.3, 0.4) is 0 Å². The zero-order chi connectivity index (χ0) is 36.3. The molecular weight excluding hydrogens is 692 g/mol. The van der Waals surface area contributed by atoms with Crippen LogP contribution in [0, 0.1) is 6.92 Å². The van der Waals surface area contributed by atoms with Gasteiger partial charge in [0.1, 0.15) is 11.1 Å². The second-order valence-electron chi connectivity index (χ2n) is 11.4. The Morgan fingerprint density at radius 1 is 0.840 bits per heavy atom. The third-order valence-electron chi connectivity index (χ3n) is 8.05. The van der Waals surface area contributed by atoms with Gasteiger partial charge < -0.3 is 14.2 Å². The van der Waals surface area contributed by atoms with E-state index in [1.807, 2.05) is 0 Å². The van der Waals surface area contributed by atoms with Crippen molar-refractivity contribution >= 4 is 20.9 Å². The molecule has 0 bridgehead atoms. The molecule has 6 rings (SSSR count). The van der Waals surface area contributed by atoms with Gasteiger partial charge in [0.2, 0.25) is 0 Å². The summed E-state index contributed by atoms with van der Waals surface area (Å²) in [5.41, 5.74) is -6.28. The standard InChI is InChI=1S/C33H25F6N5O5S/c1-19-8-10-22(11-9-19)50(48,49)44-26(21-15-40-43(16-21)33(37,38)39)14-23-25(17-41(2)31(47)29(23)44)27-24(20-6-4-3-5-7-20)18-42(12-13-45)30(46)28(27)32(34,35)36/h3-11,14-18,45H,12-13H2,1-2H3. The van der Waals surface area contributed by atoms with Gasteiger partial charge in [-0.3, -0.25) is 9.59 Å². The number of pyridine rings is 2. The van der Waals surface area contributed by atoms with E-state index in [-0.39, 0.29) is 16.0 Å². The molecule has 1 N–H and O–H groups in total. The molecule has 0 saturated heterocycles. The zero-order valence-electron chi connectivity index (χ0n) is 26.0. The molecule has 0 aliphatic rings. The van der Waals surface area contributed by atoms with E-state index in [9.17, 15) is 36.3 Å². The van der Waals surface area contributed by atoms with Crippen LogP contribution < -0.4 is 11.1 Å². The molecule has 0 radical (unpaired) electrons. The maximum absolute atomic E-state index is 15.0. The molecule has 6 aromatic rings. The zero-order valence-corrected chi connectivity index (χ0v) is 26.8. The van der Waals surface area contributed by atoms with Crippen LogP contribution in [-0.4, -0.2) is 43.0 Å². The Bertz CT molecular complexity index is 2500. The molecule has 17 heteroatoms. The van der Waals surface area contributed by atoms with Gasteiger partial charge in [-0.15, -0.1) is 13.2 Å². The van der Waals surface area contributed by atoms with E-state index in [1.54, 1.807) is 13.0 Å². The van der Waals surface area contributed by atoms with Crippen LogP contribution in [-0.2, 0) is 36.1 Å². The molecule has 0 unspecified atom stereocenters. The Kier molecular flexibility index (Phi) is 8.38. The third-order valence-corrected chi connectivity index (χ3v) is 9.78. The van der Waals surface area contributed by atoms with Gasteiger partial charge in [0.05, 0.1) is 23.4 Å². The number of fused-ring (bicyclic) bond motifs is 1. The summed E-state index contributed by atoms with van der Waals surface area (Å²) in [5.74, 6) is 0. The van der Waals surface area contributed by atoms with E-state index in [0.29, 0.717) is 26.5 Å². The minimum Gasteiger partial charge on any atom is -0.395 e. The van der Waals surface area contributed by atoms with E-state index in [1.165, 1.54) is 48.5 Å². The SMILES string of the molecule is Cc1ccc(S(=O)(=O)n2c(-c3cnn(C(F)(F)F)c3)cc3c(-c4c(-c5ccccc5)cn(CCO)c(=O)c4C(F)(F)F)cn(C)c(=O)c32)cc1. The summed E-state index contributed by atoms with van der Waals surface area (Å²) in [6.45, 7) is 0.504. The number of alkyl halides is 6. The van der Waals surface area contributed by atoms with E-state index >= 15 is 13.2 Å². The molecule has 0 fully saturated rings. The number of rotatable bonds is 7. The summed E-state index contributed by atoms with van der Waals surface area (Å²) < 4.78 is 116. The molecule has 10 nitrogen and oxygen atoms in total.